The quantitative estimate of drug-likeness (QED) is 0.735. The van der Waals surface area contributed by atoms with E-state index in [2.05, 4.69) is 0 Å². The number of hydrogen-bond donors (Lipinski definition) is 0. The van der Waals surface area contributed by atoms with E-state index in [4.69, 9.17) is 4.84 Å². The molecule has 0 radical (unpaired) electrons. The maximum atomic E-state index is 12.0. The molecule has 0 saturated carbocycles. The molecule has 0 aromatic carbocycles. The fraction of sp³-hybridized carbons (Fsp3) is 0.786. The van der Waals surface area contributed by atoms with Crippen molar-refractivity contribution in [3.63, 3.8) is 0 Å². The molecule has 1 aliphatic rings. The van der Waals surface area contributed by atoms with Gasteiger partial charge in [0.1, 0.15) is 0 Å². The molecule has 1 rings (SSSR count). The Morgan fingerprint density at radius 1 is 1.26 bits per heavy atom. The van der Waals surface area contributed by atoms with E-state index in [1.807, 2.05) is 20.8 Å². The first kappa shape index (κ1) is 15.7. The first-order valence-corrected chi connectivity index (χ1v) is 6.73. The number of amides is 2. The summed E-state index contributed by atoms with van der Waals surface area (Å²) >= 11 is 0. The number of nitrogens with zero attached hydrogens (tertiary/aromatic N) is 1. The number of piperidine rings is 1. The van der Waals surface area contributed by atoms with Crippen molar-refractivity contribution in [2.24, 2.45) is 10.8 Å². The zero-order valence-corrected chi connectivity index (χ0v) is 12.4. The molecule has 1 heterocycles. The lowest BCUT2D eigenvalue weighted by atomic mass is 9.78. The van der Waals surface area contributed by atoms with Crippen LogP contribution in [0.15, 0.2) is 0 Å². The van der Waals surface area contributed by atoms with Crippen LogP contribution in [0, 0.1) is 10.8 Å². The van der Waals surface area contributed by atoms with Crippen molar-refractivity contribution < 1.29 is 19.2 Å². The van der Waals surface area contributed by atoms with Gasteiger partial charge >= 0.3 is 5.97 Å². The van der Waals surface area contributed by atoms with Crippen LogP contribution in [-0.2, 0) is 19.2 Å². The second kappa shape index (κ2) is 5.31. The lowest BCUT2D eigenvalue weighted by molar-refractivity contribution is -0.215. The van der Waals surface area contributed by atoms with Gasteiger partial charge in [-0.3, -0.25) is 9.59 Å². The maximum absolute atomic E-state index is 12.0. The lowest BCUT2D eigenvalue weighted by Crippen LogP contribution is -2.49. The van der Waals surface area contributed by atoms with Crippen molar-refractivity contribution in [1.29, 1.82) is 0 Å². The van der Waals surface area contributed by atoms with Crippen LogP contribution >= 0.6 is 0 Å². The predicted molar refractivity (Wildman–Crippen MR) is 69.6 cm³/mol. The molecule has 5 heteroatoms. The van der Waals surface area contributed by atoms with Crippen LogP contribution in [0.25, 0.3) is 0 Å². The highest BCUT2D eigenvalue weighted by Gasteiger charge is 2.43. The van der Waals surface area contributed by atoms with Gasteiger partial charge in [-0.2, -0.15) is 0 Å². The van der Waals surface area contributed by atoms with Gasteiger partial charge in [-0.1, -0.05) is 20.8 Å². The molecule has 1 saturated heterocycles. The summed E-state index contributed by atoms with van der Waals surface area (Å²) in [5.41, 5.74) is -1.02. The third kappa shape index (κ3) is 3.33. The highest BCUT2D eigenvalue weighted by Crippen LogP contribution is 2.36. The summed E-state index contributed by atoms with van der Waals surface area (Å²) < 4.78 is 0. The van der Waals surface area contributed by atoms with E-state index < -0.39 is 23.2 Å². The van der Waals surface area contributed by atoms with Crippen molar-refractivity contribution in [2.75, 3.05) is 0 Å². The van der Waals surface area contributed by atoms with E-state index in [9.17, 15) is 14.4 Å². The van der Waals surface area contributed by atoms with Gasteiger partial charge in [0.25, 0.3) is 11.8 Å². The van der Waals surface area contributed by atoms with Crippen LogP contribution in [-0.4, -0.2) is 22.8 Å². The van der Waals surface area contributed by atoms with Crippen LogP contribution < -0.4 is 0 Å². The monoisotopic (exact) mass is 269 g/mol. The fourth-order valence-electron chi connectivity index (χ4n) is 1.78. The summed E-state index contributed by atoms with van der Waals surface area (Å²) in [7, 11) is 0. The van der Waals surface area contributed by atoms with Gasteiger partial charge in [-0.25, -0.2) is 4.79 Å². The Bertz CT molecular complexity index is 382. The minimum Gasteiger partial charge on any atom is -0.330 e. The predicted octanol–water partition coefficient (Wildman–Crippen LogP) is 2.45. The Morgan fingerprint density at radius 2 is 1.74 bits per heavy atom. The van der Waals surface area contributed by atoms with Crippen LogP contribution in [0.3, 0.4) is 0 Å². The Hall–Kier alpha value is -1.39. The van der Waals surface area contributed by atoms with E-state index in [0.717, 1.165) is 6.42 Å². The number of hydroxylamine groups is 2. The van der Waals surface area contributed by atoms with Crippen molar-refractivity contribution in [3.8, 4) is 0 Å². The molecule has 0 aromatic rings. The largest absolute Gasteiger partial charge is 0.338 e. The van der Waals surface area contributed by atoms with E-state index in [0.29, 0.717) is 11.5 Å². The molecule has 5 nitrogen and oxygen atoms in total. The molecule has 0 aromatic heterocycles. The topological polar surface area (TPSA) is 63.7 Å². The SMILES string of the molecule is CCC1(C)CC(=O)N(OC(=O)C(C)(C)CC)C(=O)C1. The zero-order chi connectivity index (χ0) is 14.8. The Balaban J connectivity index is 2.79. The molecule has 19 heavy (non-hydrogen) atoms. The minimum atomic E-state index is -0.702. The first-order chi connectivity index (χ1) is 8.65. The molecule has 0 atom stereocenters. The highest BCUT2D eigenvalue weighted by atomic mass is 16.7. The number of hydrogen-bond acceptors (Lipinski definition) is 4. The summed E-state index contributed by atoms with van der Waals surface area (Å²) in [6.07, 6.45) is 1.78. The van der Waals surface area contributed by atoms with Crippen LogP contribution in [0.5, 0.6) is 0 Å². The molecule has 0 N–H and O–H groups in total. The average Bonchev–Trinajstić information content (AvgIpc) is 2.33. The van der Waals surface area contributed by atoms with E-state index in [1.165, 1.54) is 0 Å². The van der Waals surface area contributed by atoms with Gasteiger partial charge in [0.2, 0.25) is 0 Å². The van der Waals surface area contributed by atoms with E-state index in [-0.39, 0.29) is 18.3 Å². The summed E-state index contributed by atoms with van der Waals surface area (Å²) in [6.45, 7) is 9.16. The highest BCUT2D eigenvalue weighted by molar-refractivity contribution is 5.98. The summed E-state index contributed by atoms with van der Waals surface area (Å²) in [5, 5.41) is 0.650. The van der Waals surface area contributed by atoms with Gasteiger partial charge in [0.05, 0.1) is 5.41 Å². The number of rotatable bonds is 4. The molecule has 1 fully saturated rings. The van der Waals surface area contributed by atoms with Gasteiger partial charge in [-0.15, -0.1) is 5.06 Å². The van der Waals surface area contributed by atoms with Crippen molar-refractivity contribution in [1.82, 2.24) is 5.06 Å². The van der Waals surface area contributed by atoms with Gasteiger partial charge in [0.15, 0.2) is 0 Å². The number of carbonyl (C=O) groups is 3. The Labute approximate surface area is 114 Å². The summed E-state index contributed by atoms with van der Waals surface area (Å²) in [6, 6.07) is 0. The molecular formula is C14H23NO4. The zero-order valence-electron chi connectivity index (χ0n) is 12.4. The molecule has 2 amide bonds. The average molecular weight is 269 g/mol. The van der Waals surface area contributed by atoms with Crippen LogP contribution in [0.4, 0.5) is 0 Å². The van der Waals surface area contributed by atoms with Crippen molar-refractivity contribution >= 4 is 17.8 Å². The first-order valence-electron chi connectivity index (χ1n) is 6.73. The second-order valence-electron chi connectivity index (χ2n) is 6.22. The Morgan fingerprint density at radius 3 is 2.11 bits per heavy atom. The summed E-state index contributed by atoms with van der Waals surface area (Å²) in [4.78, 5) is 40.8. The van der Waals surface area contributed by atoms with E-state index >= 15 is 0 Å². The fourth-order valence-corrected chi connectivity index (χ4v) is 1.78. The normalized spacial score (nSPS) is 19.5. The standard InChI is InChI=1S/C14H23NO4/c1-6-13(3,4)12(18)19-15-10(16)8-14(5,7-2)9-11(15)17/h6-9H2,1-5H3. The molecule has 0 bridgehead atoms. The molecule has 1 aliphatic heterocycles. The number of imide groups is 1. The molecule has 0 spiro atoms. The van der Waals surface area contributed by atoms with Gasteiger partial charge in [-0.05, 0) is 32.1 Å². The van der Waals surface area contributed by atoms with Crippen LogP contribution in [0.1, 0.15) is 60.3 Å². The van der Waals surface area contributed by atoms with Crippen LogP contribution in [0.2, 0.25) is 0 Å². The molecule has 0 unspecified atom stereocenters. The third-order valence-electron chi connectivity index (χ3n) is 4.07. The number of carbonyl (C=O) groups excluding carboxylic acids is 3. The smallest absolute Gasteiger partial charge is 0.330 e. The van der Waals surface area contributed by atoms with Crippen molar-refractivity contribution in [3.05, 3.63) is 0 Å². The summed E-state index contributed by atoms with van der Waals surface area (Å²) in [5.74, 6) is -1.40. The molecular weight excluding hydrogens is 246 g/mol. The van der Waals surface area contributed by atoms with Gasteiger partial charge < -0.3 is 4.84 Å². The Kier molecular flexibility index (Phi) is 4.38. The van der Waals surface area contributed by atoms with Crippen molar-refractivity contribution in [2.45, 2.75) is 60.3 Å². The van der Waals surface area contributed by atoms with Gasteiger partial charge in [0, 0.05) is 12.8 Å². The second-order valence-corrected chi connectivity index (χ2v) is 6.22. The third-order valence-corrected chi connectivity index (χ3v) is 4.07. The molecule has 0 aliphatic carbocycles. The lowest BCUT2D eigenvalue weighted by Gasteiger charge is -2.36. The maximum Gasteiger partial charge on any atom is 0.338 e. The van der Waals surface area contributed by atoms with E-state index in [1.54, 1.807) is 13.8 Å². The molecule has 108 valence electrons. The minimum absolute atomic E-state index is 0.231.